The van der Waals surface area contributed by atoms with E-state index in [0.29, 0.717) is 33.9 Å². The van der Waals surface area contributed by atoms with Gasteiger partial charge >= 0.3 is 6.18 Å². The topological polar surface area (TPSA) is 123 Å². The highest BCUT2D eigenvalue weighted by Crippen LogP contribution is 2.33. The number of amides is 3. The Labute approximate surface area is 292 Å². The monoisotopic (exact) mass is 695 g/mol. The number of piperidine rings is 1. The number of aromatic amines is 1. The molecule has 1 aliphatic heterocycles. The van der Waals surface area contributed by atoms with E-state index in [1.807, 2.05) is 12.1 Å². The summed E-state index contributed by atoms with van der Waals surface area (Å²) in [5.41, 5.74) is 2.75. The Morgan fingerprint density at radius 1 is 0.843 bits per heavy atom. The highest BCUT2D eigenvalue weighted by atomic mass is 19.4. The van der Waals surface area contributed by atoms with Crippen LogP contribution < -0.4 is 15.5 Å². The molecular weight excluding hydrogens is 659 g/mol. The molecule has 5 aromatic rings. The first-order chi connectivity index (χ1) is 24.5. The van der Waals surface area contributed by atoms with Gasteiger partial charge in [-0.2, -0.15) is 13.2 Å². The second-order valence-electron chi connectivity index (χ2n) is 12.3. The minimum absolute atomic E-state index is 0.105. The molecular formula is C38H36F3N7O3. The number of carbonyl (C=O) groups excluding carboxylic acids is 3. The number of alkyl halides is 3. The van der Waals surface area contributed by atoms with Gasteiger partial charge < -0.3 is 25.4 Å². The predicted molar refractivity (Wildman–Crippen MR) is 187 cm³/mol. The summed E-state index contributed by atoms with van der Waals surface area (Å²) in [4.78, 5) is 55.4. The number of hydrogen-bond donors (Lipinski definition) is 3. The third kappa shape index (κ3) is 8.61. The average Bonchev–Trinajstić information content (AvgIpc) is 3.67. The summed E-state index contributed by atoms with van der Waals surface area (Å²) in [7, 11) is 1.65. The molecule has 51 heavy (non-hydrogen) atoms. The van der Waals surface area contributed by atoms with Gasteiger partial charge in [0.15, 0.2) is 0 Å². The number of nitrogens with zero attached hydrogens (tertiary/aromatic N) is 4. The molecule has 13 heteroatoms. The lowest BCUT2D eigenvalue weighted by Gasteiger charge is -2.29. The molecule has 0 spiro atoms. The summed E-state index contributed by atoms with van der Waals surface area (Å²) in [6, 6.07) is 20.0. The molecule has 3 heterocycles. The van der Waals surface area contributed by atoms with Gasteiger partial charge in [-0.3, -0.25) is 19.4 Å². The zero-order valence-corrected chi connectivity index (χ0v) is 27.8. The van der Waals surface area contributed by atoms with E-state index in [-0.39, 0.29) is 30.1 Å². The Balaban J connectivity index is 1.24. The van der Waals surface area contributed by atoms with E-state index in [0.717, 1.165) is 50.2 Å². The van der Waals surface area contributed by atoms with Crippen molar-refractivity contribution in [3.05, 3.63) is 131 Å². The van der Waals surface area contributed by atoms with Gasteiger partial charge in [0, 0.05) is 73.2 Å². The molecule has 10 nitrogen and oxygen atoms in total. The molecule has 6 rings (SSSR count). The van der Waals surface area contributed by atoms with Crippen LogP contribution in [-0.2, 0) is 19.3 Å². The molecule has 3 N–H and O–H groups in total. The van der Waals surface area contributed by atoms with Crippen molar-refractivity contribution in [1.29, 1.82) is 0 Å². The van der Waals surface area contributed by atoms with Crippen LogP contribution in [0, 0.1) is 0 Å². The van der Waals surface area contributed by atoms with Gasteiger partial charge in [0.2, 0.25) is 0 Å². The molecule has 0 aliphatic carbocycles. The predicted octanol–water partition coefficient (Wildman–Crippen LogP) is 6.94. The van der Waals surface area contributed by atoms with E-state index >= 15 is 0 Å². The SMILES string of the molecule is CN(Cc1ncc[nH]1)C(=O)c1cccc(C(=O)Nc2ccc(N3CCCCC3)cc2-c2cc(C(=O)NCc3cccc(C(F)(F)F)c3)ccn2)c1. The van der Waals surface area contributed by atoms with Crippen LogP contribution in [0.4, 0.5) is 24.5 Å². The maximum atomic E-state index is 13.6. The Morgan fingerprint density at radius 2 is 1.61 bits per heavy atom. The zero-order chi connectivity index (χ0) is 36.0. The van der Waals surface area contributed by atoms with Crippen molar-refractivity contribution in [1.82, 2.24) is 25.2 Å². The Morgan fingerprint density at radius 3 is 2.37 bits per heavy atom. The molecule has 3 amide bonds. The highest BCUT2D eigenvalue weighted by Gasteiger charge is 2.30. The molecule has 0 unspecified atom stereocenters. The van der Waals surface area contributed by atoms with E-state index in [1.165, 1.54) is 35.4 Å². The van der Waals surface area contributed by atoms with E-state index in [9.17, 15) is 27.6 Å². The van der Waals surface area contributed by atoms with Gasteiger partial charge in [-0.15, -0.1) is 0 Å². The van der Waals surface area contributed by atoms with E-state index in [2.05, 4.69) is 30.5 Å². The molecule has 1 saturated heterocycles. The molecule has 0 saturated carbocycles. The van der Waals surface area contributed by atoms with Crippen molar-refractivity contribution in [2.24, 2.45) is 0 Å². The van der Waals surface area contributed by atoms with E-state index in [1.54, 1.807) is 49.8 Å². The second-order valence-corrected chi connectivity index (χ2v) is 12.3. The van der Waals surface area contributed by atoms with Gasteiger partial charge in [0.25, 0.3) is 17.7 Å². The largest absolute Gasteiger partial charge is 0.416 e. The fourth-order valence-electron chi connectivity index (χ4n) is 5.95. The van der Waals surface area contributed by atoms with Crippen molar-refractivity contribution >= 4 is 29.1 Å². The Bertz CT molecular complexity index is 2030. The second kappa shape index (κ2) is 15.3. The number of aromatic nitrogens is 3. The number of carbonyl (C=O) groups is 3. The Hall–Kier alpha value is -5.98. The minimum atomic E-state index is -4.49. The van der Waals surface area contributed by atoms with Crippen molar-refractivity contribution < 1.29 is 27.6 Å². The van der Waals surface area contributed by atoms with Crippen LogP contribution in [0.25, 0.3) is 11.3 Å². The highest BCUT2D eigenvalue weighted by molar-refractivity contribution is 6.08. The van der Waals surface area contributed by atoms with Crippen molar-refractivity contribution in [3.63, 3.8) is 0 Å². The molecule has 1 aliphatic rings. The van der Waals surface area contributed by atoms with Gasteiger partial charge in [-0.05, 0) is 85.5 Å². The third-order valence-corrected chi connectivity index (χ3v) is 8.64. The first-order valence-corrected chi connectivity index (χ1v) is 16.5. The quantitative estimate of drug-likeness (QED) is 0.146. The van der Waals surface area contributed by atoms with Crippen LogP contribution >= 0.6 is 0 Å². The smallest absolute Gasteiger partial charge is 0.372 e. The van der Waals surface area contributed by atoms with Crippen LogP contribution in [0.5, 0.6) is 0 Å². The number of rotatable bonds is 10. The normalized spacial score (nSPS) is 13.1. The summed E-state index contributed by atoms with van der Waals surface area (Å²) < 4.78 is 39.6. The molecule has 0 atom stereocenters. The number of H-pyrrole nitrogens is 1. The third-order valence-electron chi connectivity index (χ3n) is 8.64. The number of nitrogens with one attached hydrogen (secondary N) is 3. The maximum absolute atomic E-state index is 13.6. The lowest BCUT2D eigenvalue weighted by Crippen LogP contribution is -2.29. The molecule has 0 bridgehead atoms. The van der Waals surface area contributed by atoms with Crippen molar-refractivity contribution in [2.45, 2.75) is 38.5 Å². The number of hydrogen-bond acceptors (Lipinski definition) is 6. The summed E-state index contributed by atoms with van der Waals surface area (Å²) in [5.74, 6) is -0.584. The standard InChI is InChI=1S/C38H36F3N7O3/c1-47(24-34-43-15-16-44-34)37(51)28-9-6-8-26(20-28)36(50)46-32-12-11-30(48-17-3-2-4-18-48)22-31(32)33-21-27(13-14-42-33)35(49)45-23-25-7-5-10-29(19-25)38(39,40)41/h5-16,19-22H,2-4,17-18,23-24H2,1H3,(H,43,44)(H,45,49)(H,46,50). The molecule has 3 aromatic carbocycles. The van der Waals surface area contributed by atoms with Gasteiger partial charge in [-0.25, -0.2) is 4.98 Å². The van der Waals surface area contributed by atoms with E-state index in [4.69, 9.17) is 0 Å². The summed E-state index contributed by atoms with van der Waals surface area (Å²) in [5, 5.41) is 5.66. The number of benzene rings is 3. The van der Waals surface area contributed by atoms with Crippen LogP contribution in [0.15, 0.2) is 97.5 Å². The fraction of sp³-hybridized carbons (Fsp3) is 0.237. The first kappa shape index (κ1) is 34.9. The first-order valence-electron chi connectivity index (χ1n) is 16.5. The molecule has 262 valence electrons. The van der Waals surface area contributed by atoms with Crippen LogP contribution in [0.2, 0.25) is 0 Å². The fourth-order valence-corrected chi connectivity index (χ4v) is 5.95. The summed E-state index contributed by atoms with van der Waals surface area (Å²) in [6.07, 6.45) is 3.53. The average molecular weight is 696 g/mol. The lowest BCUT2D eigenvalue weighted by atomic mass is 10.0. The van der Waals surface area contributed by atoms with Crippen LogP contribution in [-0.4, -0.2) is 57.7 Å². The van der Waals surface area contributed by atoms with Gasteiger partial charge in [0.1, 0.15) is 5.82 Å². The van der Waals surface area contributed by atoms with Crippen LogP contribution in [0.1, 0.15) is 67.3 Å². The maximum Gasteiger partial charge on any atom is 0.416 e. The van der Waals surface area contributed by atoms with Gasteiger partial charge in [0.05, 0.1) is 23.5 Å². The summed E-state index contributed by atoms with van der Waals surface area (Å²) in [6.45, 7) is 1.92. The number of pyridine rings is 1. The Kier molecular flexibility index (Phi) is 10.4. The number of imidazole rings is 1. The molecule has 1 fully saturated rings. The lowest BCUT2D eigenvalue weighted by molar-refractivity contribution is -0.137. The zero-order valence-electron chi connectivity index (χ0n) is 27.8. The molecule has 2 aromatic heterocycles. The number of anilines is 2. The van der Waals surface area contributed by atoms with Crippen LogP contribution in [0.3, 0.4) is 0 Å². The minimum Gasteiger partial charge on any atom is -0.372 e. The van der Waals surface area contributed by atoms with Crippen molar-refractivity contribution in [3.8, 4) is 11.3 Å². The van der Waals surface area contributed by atoms with E-state index < -0.39 is 23.6 Å². The summed E-state index contributed by atoms with van der Waals surface area (Å²) >= 11 is 0. The van der Waals surface area contributed by atoms with Gasteiger partial charge in [-0.1, -0.05) is 18.2 Å². The number of halogens is 3. The van der Waals surface area contributed by atoms with Crippen molar-refractivity contribution in [2.75, 3.05) is 30.4 Å². The molecule has 0 radical (unpaired) electrons.